The summed E-state index contributed by atoms with van der Waals surface area (Å²) in [6, 6.07) is 10.3. The number of allylic oxidation sites excluding steroid dienone is 3. The van der Waals surface area contributed by atoms with Crippen LogP contribution in [0, 0.1) is 0 Å². The van der Waals surface area contributed by atoms with Gasteiger partial charge < -0.3 is 0 Å². The van der Waals surface area contributed by atoms with E-state index in [0.717, 1.165) is 0 Å². The number of hydrogen-bond acceptors (Lipinski definition) is 2. The molecule has 0 amide bonds. The zero-order chi connectivity index (χ0) is 10.5. The number of benzene rings is 1. The normalized spacial score (nSPS) is 23.2. The minimum absolute atomic E-state index is 0.173. The molecule has 1 atom stereocenters. The molecule has 87 valence electrons. The third-order valence-electron chi connectivity index (χ3n) is 2.81. The van der Waals surface area contributed by atoms with Gasteiger partial charge in [-0.15, -0.1) is 0 Å². The van der Waals surface area contributed by atoms with Gasteiger partial charge in [0.05, 0.1) is 0 Å². The molecule has 1 unspecified atom stereocenters. The van der Waals surface area contributed by atoms with Crippen LogP contribution in [-0.2, 0) is 0 Å². The molecular weight excluding hydrogens is 446 g/mol. The summed E-state index contributed by atoms with van der Waals surface area (Å²) >= 11 is 0. The van der Waals surface area contributed by atoms with Crippen LogP contribution in [0.2, 0.25) is 0 Å². The molecule has 3 aliphatic rings. The fourth-order valence-electron chi connectivity index (χ4n) is 2.07. The first-order valence-electron chi connectivity index (χ1n) is 5.16. The Bertz CT molecular complexity index is 545. The van der Waals surface area contributed by atoms with E-state index in [2.05, 4.69) is 64.7 Å². The van der Waals surface area contributed by atoms with E-state index in [1.165, 1.54) is 11.4 Å². The standard InChI is InChI=1S/C13H10N2.Lr/c1-2-6-12(7-3-1)15-10-13-8-4-5-9-14(13)11-15;/h1-6,8-11H;. The molecule has 3 heterocycles. The van der Waals surface area contributed by atoms with Gasteiger partial charge in [-0.05, 0) is 0 Å². The van der Waals surface area contributed by atoms with Crippen LogP contribution in [0.4, 0.5) is 5.69 Å². The zero-order valence-electron chi connectivity index (χ0n) is 8.43. The molecule has 0 radical (unpaired) electrons. The van der Waals surface area contributed by atoms with Gasteiger partial charge in [-0.3, -0.25) is 0 Å². The molecule has 3 heteroatoms. The third kappa shape index (κ3) is 0.730. The zero-order valence-corrected chi connectivity index (χ0v) is 10.6. The Balaban J connectivity index is 1.85. The Labute approximate surface area is 89.4 Å². The third-order valence-corrected chi connectivity index (χ3v) is 6.14. The second kappa shape index (κ2) is 2.34. The van der Waals surface area contributed by atoms with Crippen LogP contribution in [0.3, 0.4) is 0 Å². The second-order valence-electron chi connectivity index (χ2n) is 3.78. The van der Waals surface area contributed by atoms with Crippen molar-refractivity contribution >= 4 is 11.8 Å². The van der Waals surface area contributed by atoms with Crippen LogP contribution in [0.1, 0.15) is 0 Å². The first kappa shape index (κ1) is 7.35. The summed E-state index contributed by atoms with van der Waals surface area (Å²) in [5.41, 5.74) is 2.72. The maximum absolute atomic E-state index is 2.42. The van der Waals surface area contributed by atoms with Crippen molar-refractivity contribution in [2.24, 2.45) is 0 Å². The number of nitrogens with zero attached hydrogens (tertiary/aromatic N) is 2. The molecule has 0 fully saturated rings. The van der Waals surface area contributed by atoms with Crippen molar-refractivity contribution < 1.29 is 0 Å². The summed E-state index contributed by atoms with van der Waals surface area (Å²) in [6.45, 7) is 0.549. The Morgan fingerprint density at radius 2 is 2.00 bits per heavy atom. The monoisotopic (exact) mass is 456 g/mol. The fraction of sp³-hybridized carbons (Fsp3) is 0.0769. The van der Waals surface area contributed by atoms with Gasteiger partial charge in [-0.2, -0.15) is 0 Å². The number of hydrogen-bond donors (Lipinski definition) is 0. The molecule has 16 heavy (non-hydrogen) atoms. The molecule has 4 rings (SSSR count). The summed E-state index contributed by atoms with van der Waals surface area (Å²) < 4.78 is 0.173. The second-order valence-corrected chi connectivity index (χ2v) is 6.67. The van der Waals surface area contributed by atoms with Crippen LogP contribution in [0.15, 0.2) is 60.6 Å². The van der Waals surface area contributed by atoms with Gasteiger partial charge in [-0.1, -0.05) is 0 Å². The van der Waals surface area contributed by atoms with Gasteiger partial charge in [0.1, 0.15) is 0 Å². The van der Waals surface area contributed by atoms with E-state index in [-0.39, 0.29) is 0 Å². The van der Waals surface area contributed by atoms with Crippen LogP contribution < -0.4 is 11.0 Å². The molecule has 0 N–H and O–H groups in total. The predicted octanol–water partition coefficient (Wildman–Crippen LogP) is 1.74. The van der Waals surface area contributed by atoms with E-state index < -0.39 is 0 Å². The van der Waals surface area contributed by atoms with E-state index in [9.17, 15) is 0 Å². The van der Waals surface area contributed by atoms with Crippen molar-refractivity contribution in [1.82, 2.24) is 4.90 Å². The Morgan fingerprint density at radius 1 is 1.06 bits per heavy atom. The number of anilines is 1. The molecule has 0 aromatic heterocycles. The van der Waals surface area contributed by atoms with Crippen molar-refractivity contribution in [3.63, 3.8) is 0 Å². The summed E-state index contributed by atoms with van der Waals surface area (Å²) in [5, 5.41) is 0. The summed E-state index contributed by atoms with van der Waals surface area (Å²) in [4.78, 5) is 4.81. The van der Waals surface area contributed by atoms with Gasteiger partial charge in [0.2, 0.25) is 0 Å². The van der Waals surface area contributed by atoms with Crippen molar-refractivity contribution in [2.45, 2.75) is 6.67 Å². The minimum atomic E-state index is 0.173. The summed E-state index contributed by atoms with van der Waals surface area (Å²) in [6.07, 6.45) is 10.9. The average molecular weight is 456 g/mol. The van der Waals surface area contributed by atoms with Crippen molar-refractivity contribution in [3.05, 3.63) is 60.6 Å². The summed E-state index contributed by atoms with van der Waals surface area (Å²) in [7, 11) is 0. The van der Waals surface area contributed by atoms with E-state index in [1.54, 1.807) is 6.07 Å². The first-order chi connectivity index (χ1) is 7.93. The maximum atomic E-state index is 2.42. The molecule has 0 saturated carbocycles. The molecule has 1 aromatic carbocycles. The number of rotatable bonds is 0. The van der Waals surface area contributed by atoms with Crippen LogP contribution in [0.5, 0.6) is 0 Å². The molecular formula is C13H10LrN2. The Hall–Kier alpha value is -2.96. The molecule has 0 saturated heterocycles. The number of fused-ring (bicyclic) bond motifs is 5. The van der Waals surface area contributed by atoms with E-state index in [0.29, 0.717) is 6.67 Å². The first-order valence-corrected chi connectivity index (χ1v) is 7.48. The average Bonchev–Trinajstić information content (AvgIpc) is 2.85. The van der Waals surface area contributed by atoms with Gasteiger partial charge in [-0.25, -0.2) is 0 Å². The van der Waals surface area contributed by atoms with E-state index in [1.807, 2.05) is 0 Å². The van der Waals surface area contributed by atoms with Gasteiger partial charge in [0.15, 0.2) is 0 Å². The van der Waals surface area contributed by atoms with Crippen LogP contribution >= 0.6 is 0 Å². The summed E-state index contributed by atoms with van der Waals surface area (Å²) in [5.74, 6) is 0. The molecule has 3 aliphatic heterocycles. The van der Waals surface area contributed by atoms with Gasteiger partial charge in [0.25, 0.3) is 0 Å². The Morgan fingerprint density at radius 3 is 3.00 bits per heavy atom. The van der Waals surface area contributed by atoms with Crippen LogP contribution in [-0.4, -0.2) is 11.6 Å². The molecule has 0 bridgehead atoms. The van der Waals surface area contributed by atoms with E-state index in [4.69, 9.17) is 0 Å². The quantitative estimate of drug-likeness (QED) is 0.587. The SMILES string of the molecule is C1=CC2=CN3c4cccc[c]4[Lr][CH]3N2C=C1. The predicted molar refractivity (Wildman–Crippen MR) is 60.5 cm³/mol. The van der Waals surface area contributed by atoms with Gasteiger partial charge in [0, 0.05) is 0 Å². The van der Waals surface area contributed by atoms with Crippen molar-refractivity contribution in [3.8, 4) is 0 Å². The fourth-order valence-corrected chi connectivity index (χ4v) is 5.42. The van der Waals surface area contributed by atoms with Crippen molar-refractivity contribution in [1.29, 1.82) is 0 Å². The molecule has 0 spiro atoms. The Kier molecular flexibility index (Phi) is 1.07. The van der Waals surface area contributed by atoms with Crippen molar-refractivity contribution in [2.75, 3.05) is 4.90 Å². The molecule has 1 aromatic rings. The number of para-hydroxylation sites is 1. The van der Waals surface area contributed by atoms with Gasteiger partial charge >= 0.3 is 88.8 Å². The van der Waals surface area contributed by atoms with Crippen LogP contribution in [0.25, 0.3) is 0 Å². The molecule has 2 nitrogen and oxygen atoms in total. The topological polar surface area (TPSA) is 6.48 Å². The van der Waals surface area contributed by atoms with E-state index >= 15 is 0 Å². The molecule has 0 aliphatic carbocycles.